The fraction of sp³-hybridized carbons (Fsp3) is 0.375. The predicted molar refractivity (Wildman–Crippen MR) is 178 cm³/mol. The van der Waals surface area contributed by atoms with E-state index in [-0.39, 0.29) is 51.1 Å². The van der Waals surface area contributed by atoms with Gasteiger partial charge in [-0.05, 0) is 56.7 Å². The zero-order valence-corrected chi connectivity index (χ0v) is 29.1. The SMILES string of the molecule is CC[C@@H](C(=O)NC(C)C)N(Cc1c(Cl)cccc1Cl)C(=O)CN(c1cc(OC)ccc1OC)S(=O)(=O)c1ccc(OC)c(OC)c1. The number of hydrogen-bond donors (Lipinski definition) is 1. The monoisotopic (exact) mass is 695 g/mol. The lowest BCUT2D eigenvalue weighted by atomic mass is 10.1. The molecule has 14 heteroatoms. The molecule has 2 amide bonds. The van der Waals surface area contributed by atoms with Crippen LogP contribution in [0.3, 0.4) is 0 Å². The molecule has 0 saturated heterocycles. The van der Waals surface area contributed by atoms with Gasteiger partial charge in [-0.3, -0.25) is 13.9 Å². The molecule has 0 saturated carbocycles. The summed E-state index contributed by atoms with van der Waals surface area (Å²) < 4.78 is 51.4. The number of amides is 2. The van der Waals surface area contributed by atoms with Gasteiger partial charge in [-0.2, -0.15) is 0 Å². The summed E-state index contributed by atoms with van der Waals surface area (Å²) in [6.45, 7) is 4.46. The Labute approximate surface area is 280 Å². The second-order valence-corrected chi connectivity index (χ2v) is 13.1. The molecule has 0 aliphatic carbocycles. The van der Waals surface area contributed by atoms with Crippen molar-refractivity contribution < 1.29 is 37.0 Å². The highest BCUT2D eigenvalue weighted by Gasteiger charge is 2.36. The number of rotatable bonds is 15. The van der Waals surface area contributed by atoms with Crippen molar-refractivity contribution in [2.24, 2.45) is 0 Å². The maximum atomic E-state index is 14.5. The molecule has 3 rings (SSSR count). The lowest BCUT2D eigenvalue weighted by Crippen LogP contribution is -2.53. The molecular formula is C32H39Cl2N3O8S. The van der Waals surface area contributed by atoms with E-state index >= 15 is 0 Å². The molecule has 0 aliphatic heterocycles. The van der Waals surface area contributed by atoms with Gasteiger partial charge in [0.2, 0.25) is 11.8 Å². The third-order valence-electron chi connectivity index (χ3n) is 7.08. The molecule has 0 bridgehead atoms. The van der Waals surface area contributed by atoms with Crippen molar-refractivity contribution in [3.63, 3.8) is 0 Å². The van der Waals surface area contributed by atoms with E-state index in [1.54, 1.807) is 45.0 Å². The van der Waals surface area contributed by atoms with Gasteiger partial charge in [0.1, 0.15) is 24.1 Å². The standard InChI is InChI=1S/C32H39Cl2N3O8S/c1-8-26(32(39)35-20(2)3)36(18-23-24(33)10-9-11-25(23)34)31(38)19-37(27-16-21(42-4)12-14-28(27)43-5)46(40,41)22-13-15-29(44-6)30(17-22)45-7/h9-17,20,26H,8,18-19H2,1-7H3,(H,35,39)/t26-/m0/s1. The molecule has 0 spiro atoms. The zero-order valence-electron chi connectivity index (χ0n) is 26.8. The second kappa shape index (κ2) is 16.1. The Hall–Kier alpha value is -3.87. The third kappa shape index (κ3) is 8.28. The van der Waals surface area contributed by atoms with E-state index in [0.29, 0.717) is 17.1 Å². The molecule has 0 aromatic heterocycles. The first-order valence-corrected chi connectivity index (χ1v) is 16.5. The topological polar surface area (TPSA) is 124 Å². The Kier molecular flexibility index (Phi) is 12.8. The molecule has 0 unspecified atom stereocenters. The fourth-order valence-corrected chi connectivity index (χ4v) is 6.71. The Bertz CT molecular complexity index is 1630. The molecule has 250 valence electrons. The van der Waals surface area contributed by atoms with Gasteiger partial charge in [0.05, 0.1) is 39.0 Å². The lowest BCUT2D eigenvalue weighted by molar-refractivity contribution is -0.140. The van der Waals surface area contributed by atoms with E-state index < -0.39 is 34.4 Å². The lowest BCUT2D eigenvalue weighted by Gasteiger charge is -2.34. The van der Waals surface area contributed by atoms with Crippen LogP contribution in [0.5, 0.6) is 23.0 Å². The van der Waals surface area contributed by atoms with Gasteiger partial charge in [0.25, 0.3) is 10.0 Å². The average Bonchev–Trinajstić information content (AvgIpc) is 3.03. The molecule has 0 aliphatic rings. The van der Waals surface area contributed by atoms with Crippen LogP contribution in [0.15, 0.2) is 59.5 Å². The Morgan fingerprint density at radius 3 is 2.00 bits per heavy atom. The molecule has 11 nitrogen and oxygen atoms in total. The van der Waals surface area contributed by atoms with Crippen molar-refractivity contribution in [2.45, 2.75) is 50.7 Å². The molecule has 0 fully saturated rings. The van der Waals surface area contributed by atoms with Crippen LogP contribution in [0.2, 0.25) is 10.0 Å². The maximum Gasteiger partial charge on any atom is 0.265 e. The van der Waals surface area contributed by atoms with E-state index in [9.17, 15) is 18.0 Å². The predicted octanol–water partition coefficient (Wildman–Crippen LogP) is 5.56. The summed E-state index contributed by atoms with van der Waals surface area (Å²) in [5, 5.41) is 3.42. The van der Waals surface area contributed by atoms with E-state index in [0.717, 1.165) is 4.31 Å². The van der Waals surface area contributed by atoms with E-state index in [4.69, 9.17) is 42.1 Å². The first kappa shape index (κ1) is 36.6. The number of ether oxygens (including phenoxy) is 4. The van der Waals surface area contributed by atoms with E-state index in [1.165, 1.54) is 63.7 Å². The summed E-state index contributed by atoms with van der Waals surface area (Å²) in [5.41, 5.74) is 0.434. The van der Waals surface area contributed by atoms with Crippen LogP contribution in [0.1, 0.15) is 32.8 Å². The third-order valence-corrected chi connectivity index (χ3v) is 9.55. The fourth-order valence-electron chi connectivity index (χ4n) is 4.76. The van der Waals surface area contributed by atoms with Crippen LogP contribution >= 0.6 is 23.2 Å². The minimum absolute atomic E-state index is 0.0281. The molecule has 1 atom stereocenters. The highest BCUT2D eigenvalue weighted by atomic mass is 35.5. The number of benzene rings is 3. The first-order chi connectivity index (χ1) is 21.8. The van der Waals surface area contributed by atoms with Crippen LogP contribution in [0.25, 0.3) is 0 Å². The smallest absolute Gasteiger partial charge is 0.265 e. The number of nitrogens with zero attached hydrogens (tertiary/aromatic N) is 2. The summed E-state index contributed by atoms with van der Waals surface area (Å²) in [6, 6.07) is 12.4. The van der Waals surface area contributed by atoms with Gasteiger partial charge in [-0.15, -0.1) is 0 Å². The molecule has 0 heterocycles. The average molecular weight is 697 g/mol. The zero-order chi connectivity index (χ0) is 34.2. The van der Waals surface area contributed by atoms with Crippen molar-refractivity contribution in [1.29, 1.82) is 0 Å². The highest BCUT2D eigenvalue weighted by molar-refractivity contribution is 7.92. The number of carbonyl (C=O) groups is 2. The number of carbonyl (C=O) groups excluding carboxylic acids is 2. The first-order valence-electron chi connectivity index (χ1n) is 14.3. The van der Waals surface area contributed by atoms with Crippen LogP contribution in [0, 0.1) is 0 Å². The van der Waals surface area contributed by atoms with Crippen molar-refractivity contribution in [1.82, 2.24) is 10.2 Å². The summed E-state index contributed by atoms with van der Waals surface area (Å²) in [7, 11) is 1.12. The van der Waals surface area contributed by atoms with Gasteiger partial charge in [-0.1, -0.05) is 36.2 Å². The minimum Gasteiger partial charge on any atom is -0.497 e. The number of sulfonamides is 1. The van der Waals surface area contributed by atoms with Gasteiger partial charge in [-0.25, -0.2) is 8.42 Å². The van der Waals surface area contributed by atoms with Crippen molar-refractivity contribution in [2.75, 3.05) is 39.3 Å². The molecule has 3 aromatic rings. The summed E-state index contributed by atoms with van der Waals surface area (Å²) in [4.78, 5) is 29.0. The van der Waals surface area contributed by atoms with E-state index in [1.807, 2.05) is 0 Å². The summed E-state index contributed by atoms with van der Waals surface area (Å²) >= 11 is 13.0. The number of anilines is 1. The summed E-state index contributed by atoms with van der Waals surface area (Å²) in [6.07, 6.45) is 0.220. The van der Waals surface area contributed by atoms with Crippen LogP contribution in [-0.2, 0) is 26.2 Å². The number of halogens is 2. The second-order valence-electron chi connectivity index (χ2n) is 10.4. The Morgan fingerprint density at radius 2 is 1.46 bits per heavy atom. The maximum absolute atomic E-state index is 14.5. The Balaban J connectivity index is 2.24. The Morgan fingerprint density at radius 1 is 0.848 bits per heavy atom. The molecule has 46 heavy (non-hydrogen) atoms. The molecule has 3 aromatic carbocycles. The van der Waals surface area contributed by atoms with E-state index in [2.05, 4.69) is 5.32 Å². The van der Waals surface area contributed by atoms with Gasteiger partial charge in [0, 0.05) is 40.3 Å². The van der Waals surface area contributed by atoms with Gasteiger partial charge >= 0.3 is 0 Å². The van der Waals surface area contributed by atoms with Crippen molar-refractivity contribution in [3.05, 3.63) is 70.2 Å². The quantitative estimate of drug-likeness (QED) is 0.219. The number of hydrogen-bond acceptors (Lipinski definition) is 8. The molecule has 1 N–H and O–H groups in total. The number of nitrogens with one attached hydrogen (secondary N) is 1. The minimum atomic E-state index is -4.50. The van der Waals surface area contributed by atoms with Crippen LogP contribution < -0.4 is 28.6 Å². The normalized spacial score (nSPS) is 11.9. The molecule has 0 radical (unpaired) electrons. The van der Waals surface area contributed by atoms with Crippen molar-refractivity contribution in [3.8, 4) is 23.0 Å². The highest BCUT2D eigenvalue weighted by Crippen LogP contribution is 2.38. The van der Waals surface area contributed by atoms with Crippen LogP contribution in [-0.4, -0.2) is 72.2 Å². The van der Waals surface area contributed by atoms with Crippen LogP contribution in [0.4, 0.5) is 5.69 Å². The van der Waals surface area contributed by atoms with Gasteiger partial charge in [0.15, 0.2) is 11.5 Å². The largest absolute Gasteiger partial charge is 0.497 e. The number of methoxy groups -OCH3 is 4. The van der Waals surface area contributed by atoms with Crippen molar-refractivity contribution >= 4 is 50.7 Å². The summed E-state index contributed by atoms with van der Waals surface area (Å²) in [5.74, 6) is -0.161. The molecular weight excluding hydrogens is 657 g/mol. The van der Waals surface area contributed by atoms with Gasteiger partial charge < -0.3 is 29.2 Å².